The molecule has 6 heteroatoms. The van der Waals surface area contributed by atoms with Crippen molar-refractivity contribution in [2.45, 2.75) is 18.9 Å². The van der Waals surface area contributed by atoms with Crippen LogP contribution >= 0.6 is 39.7 Å². The normalized spacial score (nSPS) is 18.8. The van der Waals surface area contributed by atoms with Crippen molar-refractivity contribution in [1.29, 1.82) is 0 Å². The van der Waals surface area contributed by atoms with Crippen molar-refractivity contribution in [3.63, 3.8) is 0 Å². The molecule has 96 valence electrons. The van der Waals surface area contributed by atoms with Gasteiger partial charge in [0, 0.05) is 24.5 Å². The Morgan fingerprint density at radius 1 is 1.65 bits per heavy atom. The monoisotopic (exact) mass is 338 g/mol. The van der Waals surface area contributed by atoms with Crippen LogP contribution < -0.4 is 5.32 Å². The number of carbonyl (C=O) groups is 1. The van der Waals surface area contributed by atoms with E-state index in [1.807, 2.05) is 24.1 Å². The van der Waals surface area contributed by atoms with E-state index in [9.17, 15) is 4.79 Å². The lowest BCUT2D eigenvalue weighted by atomic mass is 10.2. The highest BCUT2D eigenvalue weighted by Crippen LogP contribution is 2.23. The number of amides is 1. The number of likely N-dealkylation sites (N-methyl/N-ethyl adjacent to an activating group) is 1. The summed E-state index contributed by atoms with van der Waals surface area (Å²) < 4.78 is 1.08. The van der Waals surface area contributed by atoms with E-state index in [-0.39, 0.29) is 18.3 Å². The third kappa shape index (κ3) is 3.95. The number of hydrogen-bond acceptors (Lipinski definition) is 3. The second kappa shape index (κ2) is 6.73. The molecule has 1 saturated heterocycles. The molecule has 0 saturated carbocycles. The fraction of sp³-hybridized carbons (Fsp3) is 0.545. The quantitative estimate of drug-likeness (QED) is 0.916. The Labute approximate surface area is 120 Å². The van der Waals surface area contributed by atoms with Gasteiger partial charge in [-0.05, 0) is 41.0 Å². The van der Waals surface area contributed by atoms with Crippen LogP contribution in [-0.4, -0.2) is 37.0 Å². The summed E-state index contributed by atoms with van der Waals surface area (Å²) in [5.74, 6) is 0.211. The molecule has 0 spiro atoms. The highest BCUT2D eigenvalue weighted by atomic mass is 79.9. The van der Waals surface area contributed by atoms with Crippen LogP contribution in [0.1, 0.15) is 11.3 Å². The van der Waals surface area contributed by atoms with Gasteiger partial charge in [0.1, 0.15) is 0 Å². The molecule has 2 rings (SSSR count). The molecule has 0 radical (unpaired) electrons. The SMILES string of the molecule is CN(C(=O)Cc1ccc(Br)s1)C1CCNC1.Cl. The highest BCUT2D eigenvalue weighted by molar-refractivity contribution is 9.11. The van der Waals surface area contributed by atoms with Crippen molar-refractivity contribution in [1.82, 2.24) is 10.2 Å². The van der Waals surface area contributed by atoms with Crippen molar-refractivity contribution >= 4 is 45.6 Å². The molecule has 1 N–H and O–H groups in total. The molecule has 3 nitrogen and oxygen atoms in total. The van der Waals surface area contributed by atoms with E-state index in [4.69, 9.17) is 0 Å². The Hall–Kier alpha value is -0.100. The van der Waals surface area contributed by atoms with Gasteiger partial charge in [-0.15, -0.1) is 23.7 Å². The van der Waals surface area contributed by atoms with Crippen molar-refractivity contribution in [3.05, 3.63) is 20.8 Å². The largest absolute Gasteiger partial charge is 0.341 e. The molecule has 0 aliphatic carbocycles. The first-order valence-corrected chi connectivity index (χ1v) is 6.98. The Bertz CT molecular complexity index is 379. The summed E-state index contributed by atoms with van der Waals surface area (Å²) in [4.78, 5) is 15.0. The maximum absolute atomic E-state index is 12.0. The van der Waals surface area contributed by atoms with Gasteiger partial charge in [-0.25, -0.2) is 0 Å². The van der Waals surface area contributed by atoms with Crippen molar-refractivity contribution in [2.75, 3.05) is 20.1 Å². The van der Waals surface area contributed by atoms with Crippen molar-refractivity contribution < 1.29 is 4.79 Å². The minimum Gasteiger partial charge on any atom is -0.341 e. The maximum atomic E-state index is 12.0. The highest BCUT2D eigenvalue weighted by Gasteiger charge is 2.23. The van der Waals surface area contributed by atoms with E-state index in [0.717, 1.165) is 28.2 Å². The molecule has 1 aromatic heterocycles. The molecule has 1 aliphatic heterocycles. The van der Waals surface area contributed by atoms with E-state index in [1.54, 1.807) is 11.3 Å². The van der Waals surface area contributed by atoms with Crippen LogP contribution in [0.5, 0.6) is 0 Å². The summed E-state index contributed by atoms with van der Waals surface area (Å²) in [5, 5.41) is 3.28. The summed E-state index contributed by atoms with van der Waals surface area (Å²) in [5.41, 5.74) is 0. The molecular weight excluding hydrogens is 324 g/mol. The molecule has 2 heterocycles. The Morgan fingerprint density at radius 3 is 2.94 bits per heavy atom. The zero-order valence-electron chi connectivity index (χ0n) is 9.61. The van der Waals surface area contributed by atoms with Crippen LogP contribution in [0.25, 0.3) is 0 Å². The minimum atomic E-state index is 0. The van der Waals surface area contributed by atoms with E-state index < -0.39 is 0 Å². The third-order valence-electron chi connectivity index (χ3n) is 2.93. The fourth-order valence-electron chi connectivity index (χ4n) is 1.89. The molecule has 1 aromatic rings. The van der Waals surface area contributed by atoms with Gasteiger partial charge in [0.15, 0.2) is 0 Å². The lowest BCUT2D eigenvalue weighted by Crippen LogP contribution is -2.39. The molecule has 1 unspecified atom stereocenters. The number of thiophene rings is 1. The second-order valence-corrected chi connectivity index (χ2v) is 6.58. The molecule has 0 bridgehead atoms. The van der Waals surface area contributed by atoms with Crippen LogP contribution in [0.15, 0.2) is 15.9 Å². The smallest absolute Gasteiger partial charge is 0.227 e. The maximum Gasteiger partial charge on any atom is 0.227 e. The average Bonchev–Trinajstić information content (AvgIpc) is 2.88. The lowest BCUT2D eigenvalue weighted by Gasteiger charge is -2.23. The third-order valence-corrected chi connectivity index (χ3v) is 4.55. The summed E-state index contributed by atoms with van der Waals surface area (Å²) in [7, 11) is 1.91. The summed E-state index contributed by atoms with van der Waals surface area (Å²) in [6.45, 7) is 1.95. The number of rotatable bonds is 3. The van der Waals surface area contributed by atoms with Crippen LogP contribution in [0.3, 0.4) is 0 Å². The number of carbonyl (C=O) groups excluding carboxylic acids is 1. The Morgan fingerprint density at radius 2 is 2.41 bits per heavy atom. The number of hydrogen-bond donors (Lipinski definition) is 1. The summed E-state index contributed by atoms with van der Waals surface area (Å²) >= 11 is 5.04. The molecule has 1 aliphatic rings. The lowest BCUT2D eigenvalue weighted by molar-refractivity contribution is -0.130. The first-order valence-electron chi connectivity index (χ1n) is 5.37. The molecule has 1 amide bonds. The first-order chi connectivity index (χ1) is 7.66. The van der Waals surface area contributed by atoms with Crippen LogP contribution in [0.2, 0.25) is 0 Å². The van der Waals surface area contributed by atoms with E-state index in [1.165, 1.54) is 0 Å². The van der Waals surface area contributed by atoms with Crippen LogP contribution in [0.4, 0.5) is 0 Å². The van der Waals surface area contributed by atoms with Gasteiger partial charge in [0.05, 0.1) is 10.2 Å². The van der Waals surface area contributed by atoms with E-state index in [0.29, 0.717) is 12.5 Å². The zero-order valence-corrected chi connectivity index (χ0v) is 12.8. The zero-order chi connectivity index (χ0) is 11.5. The summed E-state index contributed by atoms with van der Waals surface area (Å²) in [6.07, 6.45) is 1.58. The van der Waals surface area contributed by atoms with Crippen LogP contribution in [-0.2, 0) is 11.2 Å². The Kier molecular flexibility index (Phi) is 5.92. The van der Waals surface area contributed by atoms with Gasteiger partial charge < -0.3 is 10.2 Å². The van der Waals surface area contributed by atoms with Gasteiger partial charge in [0.25, 0.3) is 0 Å². The number of nitrogens with one attached hydrogen (secondary N) is 1. The Balaban J connectivity index is 0.00000144. The van der Waals surface area contributed by atoms with Crippen LogP contribution in [0, 0.1) is 0 Å². The van der Waals surface area contributed by atoms with Gasteiger partial charge in [-0.1, -0.05) is 0 Å². The van der Waals surface area contributed by atoms with E-state index >= 15 is 0 Å². The summed E-state index contributed by atoms with van der Waals surface area (Å²) in [6, 6.07) is 4.37. The second-order valence-electron chi connectivity index (χ2n) is 4.03. The average molecular weight is 340 g/mol. The predicted octanol–water partition coefficient (Wildman–Crippen LogP) is 2.30. The standard InChI is InChI=1S/C11H15BrN2OS.ClH/c1-14(8-4-5-13-7-8)11(15)6-9-2-3-10(12)16-9;/h2-3,8,13H,4-7H2,1H3;1H. The molecular formula is C11H16BrClN2OS. The first kappa shape index (κ1) is 15.0. The molecule has 0 aromatic carbocycles. The molecule has 1 atom stereocenters. The molecule has 1 fully saturated rings. The predicted molar refractivity (Wildman–Crippen MR) is 77.0 cm³/mol. The topological polar surface area (TPSA) is 32.3 Å². The van der Waals surface area contributed by atoms with Gasteiger partial charge in [-0.2, -0.15) is 0 Å². The van der Waals surface area contributed by atoms with Crippen molar-refractivity contribution in [2.24, 2.45) is 0 Å². The minimum absolute atomic E-state index is 0. The molecule has 17 heavy (non-hydrogen) atoms. The van der Waals surface area contributed by atoms with Crippen molar-refractivity contribution in [3.8, 4) is 0 Å². The number of nitrogens with zero attached hydrogens (tertiary/aromatic N) is 1. The van der Waals surface area contributed by atoms with Gasteiger partial charge in [-0.3, -0.25) is 4.79 Å². The van der Waals surface area contributed by atoms with Gasteiger partial charge in [0.2, 0.25) is 5.91 Å². The number of halogens is 2. The van der Waals surface area contributed by atoms with E-state index in [2.05, 4.69) is 21.2 Å². The van der Waals surface area contributed by atoms with Gasteiger partial charge >= 0.3 is 0 Å². The fourth-order valence-corrected chi connectivity index (χ4v) is 3.37.